The van der Waals surface area contributed by atoms with Crippen LogP contribution in [0.2, 0.25) is 0 Å². The number of benzene rings is 1. The van der Waals surface area contributed by atoms with Crippen molar-refractivity contribution in [2.45, 2.75) is 0 Å². The average molecular weight is 169 g/mol. The summed E-state index contributed by atoms with van der Waals surface area (Å²) in [4.78, 5) is 2.00. The van der Waals surface area contributed by atoms with Gasteiger partial charge >= 0.3 is 0 Å². The molecule has 0 aliphatic rings. The van der Waals surface area contributed by atoms with Crippen molar-refractivity contribution in [1.29, 1.82) is 0 Å². The van der Waals surface area contributed by atoms with Crippen LogP contribution in [0.1, 0.15) is 0 Å². The van der Waals surface area contributed by atoms with Crippen molar-refractivity contribution in [2.75, 3.05) is 21.1 Å². The highest BCUT2D eigenvalue weighted by molar-refractivity contribution is 5.36. The van der Waals surface area contributed by atoms with E-state index in [-0.39, 0.29) is 11.5 Å². The lowest BCUT2D eigenvalue weighted by atomic mass is 10.3. The number of nitrogens with zero attached hydrogens (tertiary/aromatic N) is 1. The highest BCUT2D eigenvalue weighted by Crippen LogP contribution is 2.21. The molecule has 3 heteroatoms. The molecule has 0 amide bonds. The third-order valence-electron chi connectivity index (χ3n) is 0.882. The third-order valence-corrected chi connectivity index (χ3v) is 0.882. The van der Waals surface area contributed by atoms with Crippen LogP contribution in [0.15, 0.2) is 24.3 Å². The van der Waals surface area contributed by atoms with Crippen molar-refractivity contribution in [3.63, 3.8) is 0 Å². The smallest absolute Gasteiger partial charge is 0.157 e. The molecule has 0 radical (unpaired) electrons. The van der Waals surface area contributed by atoms with Gasteiger partial charge in [-0.1, -0.05) is 12.1 Å². The van der Waals surface area contributed by atoms with Crippen LogP contribution in [0.25, 0.3) is 0 Å². The van der Waals surface area contributed by atoms with Gasteiger partial charge in [0.15, 0.2) is 11.5 Å². The van der Waals surface area contributed by atoms with Gasteiger partial charge in [-0.15, -0.1) is 0 Å². The predicted octanol–water partition coefficient (Wildman–Crippen LogP) is 1.28. The van der Waals surface area contributed by atoms with Crippen LogP contribution < -0.4 is 0 Å². The van der Waals surface area contributed by atoms with Gasteiger partial charge in [-0.3, -0.25) is 0 Å². The fourth-order valence-corrected chi connectivity index (χ4v) is 0.464. The fraction of sp³-hybridized carbons (Fsp3) is 0.333. The summed E-state index contributed by atoms with van der Waals surface area (Å²) in [6.07, 6.45) is 0. The number of hydrogen-bond donors (Lipinski definition) is 2. The maximum atomic E-state index is 8.67. The van der Waals surface area contributed by atoms with Gasteiger partial charge in [0, 0.05) is 0 Å². The molecule has 68 valence electrons. The van der Waals surface area contributed by atoms with E-state index < -0.39 is 0 Å². The zero-order valence-electron chi connectivity index (χ0n) is 7.65. The molecule has 0 unspecified atom stereocenters. The lowest BCUT2D eigenvalue weighted by Gasteiger charge is -1.91. The first kappa shape index (κ1) is 10.8. The van der Waals surface area contributed by atoms with E-state index in [1.165, 1.54) is 12.1 Å². The second-order valence-electron chi connectivity index (χ2n) is 2.83. The van der Waals surface area contributed by atoms with Crippen molar-refractivity contribution in [3.8, 4) is 11.5 Å². The van der Waals surface area contributed by atoms with Crippen LogP contribution in [0.5, 0.6) is 11.5 Å². The van der Waals surface area contributed by atoms with Crippen molar-refractivity contribution >= 4 is 0 Å². The number of phenolic OH excluding ortho intramolecular Hbond substituents is 2. The summed E-state index contributed by atoms with van der Waals surface area (Å²) in [5, 5.41) is 17.3. The van der Waals surface area contributed by atoms with E-state index in [1.807, 2.05) is 26.0 Å². The molecule has 0 saturated carbocycles. The van der Waals surface area contributed by atoms with Gasteiger partial charge in [0.05, 0.1) is 0 Å². The molecule has 0 aliphatic carbocycles. The Bertz CT molecular complexity index is 200. The van der Waals surface area contributed by atoms with Gasteiger partial charge in [-0.2, -0.15) is 0 Å². The summed E-state index contributed by atoms with van der Waals surface area (Å²) >= 11 is 0. The Morgan fingerprint density at radius 1 is 0.917 bits per heavy atom. The van der Waals surface area contributed by atoms with Crippen molar-refractivity contribution < 1.29 is 10.2 Å². The molecular weight excluding hydrogens is 154 g/mol. The summed E-state index contributed by atoms with van der Waals surface area (Å²) in [5.74, 6) is -0.153. The molecule has 0 saturated heterocycles. The Kier molecular flexibility index (Phi) is 4.88. The highest BCUT2D eigenvalue weighted by Gasteiger charge is 1.90. The first-order valence-corrected chi connectivity index (χ1v) is 3.62. The van der Waals surface area contributed by atoms with Crippen LogP contribution in [-0.4, -0.2) is 36.3 Å². The highest BCUT2D eigenvalue weighted by atomic mass is 16.3. The number of aromatic hydroxyl groups is 2. The van der Waals surface area contributed by atoms with E-state index in [0.717, 1.165) is 0 Å². The molecule has 0 atom stereocenters. The number of para-hydroxylation sites is 2. The molecule has 1 aromatic rings. The molecule has 0 spiro atoms. The number of phenols is 2. The molecule has 0 bridgehead atoms. The molecule has 2 N–H and O–H groups in total. The molecular formula is C9H15NO2. The van der Waals surface area contributed by atoms with E-state index in [2.05, 4.69) is 0 Å². The van der Waals surface area contributed by atoms with Crippen molar-refractivity contribution in [1.82, 2.24) is 4.90 Å². The van der Waals surface area contributed by atoms with Crippen LogP contribution in [0, 0.1) is 0 Å². The van der Waals surface area contributed by atoms with E-state index in [0.29, 0.717) is 0 Å². The van der Waals surface area contributed by atoms with Crippen molar-refractivity contribution in [3.05, 3.63) is 24.3 Å². The first-order chi connectivity index (χ1) is 5.54. The van der Waals surface area contributed by atoms with E-state index in [1.54, 1.807) is 12.1 Å². The second-order valence-corrected chi connectivity index (χ2v) is 2.83. The quantitative estimate of drug-likeness (QED) is 0.575. The average Bonchev–Trinajstić information content (AvgIpc) is 1.94. The number of hydrogen-bond acceptors (Lipinski definition) is 3. The first-order valence-electron chi connectivity index (χ1n) is 3.62. The molecule has 0 heterocycles. The minimum absolute atomic E-state index is 0.0764. The van der Waals surface area contributed by atoms with E-state index >= 15 is 0 Å². The maximum absolute atomic E-state index is 8.67. The van der Waals surface area contributed by atoms with Gasteiger partial charge in [-0.05, 0) is 33.3 Å². The monoisotopic (exact) mass is 169 g/mol. The van der Waals surface area contributed by atoms with Gasteiger partial charge in [-0.25, -0.2) is 0 Å². The number of rotatable bonds is 0. The second kappa shape index (κ2) is 5.43. The summed E-state index contributed by atoms with van der Waals surface area (Å²) in [6.45, 7) is 0. The molecule has 12 heavy (non-hydrogen) atoms. The van der Waals surface area contributed by atoms with Crippen LogP contribution in [0.3, 0.4) is 0 Å². The third kappa shape index (κ3) is 5.56. The lowest BCUT2D eigenvalue weighted by molar-refractivity contribution is 0.404. The zero-order valence-corrected chi connectivity index (χ0v) is 7.65. The van der Waals surface area contributed by atoms with Gasteiger partial charge < -0.3 is 15.1 Å². The molecule has 0 aromatic heterocycles. The summed E-state index contributed by atoms with van der Waals surface area (Å²) < 4.78 is 0. The summed E-state index contributed by atoms with van der Waals surface area (Å²) in [7, 11) is 6.00. The Morgan fingerprint density at radius 3 is 1.33 bits per heavy atom. The summed E-state index contributed by atoms with van der Waals surface area (Å²) in [5.41, 5.74) is 0. The molecule has 0 aliphatic heterocycles. The SMILES string of the molecule is CN(C)C.Oc1ccccc1O. The zero-order chi connectivity index (χ0) is 9.56. The largest absolute Gasteiger partial charge is 0.504 e. The van der Waals surface area contributed by atoms with Gasteiger partial charge in [0.25, 0.3) is 0 Å². The molecule has 0 fully saturated rings. The maximum Gasteiger partial charge on any atom is 0.157 e. The Hall–Kier alpha value is -1.22. The van der Waals surface area contributed by atoms with Crippen LogP contribution >= 0.6 is 0 Å². The fourth-order valence-electron chi connectivity index (χ4n) is 0.464. The minimum atomic E-state index is -0.0764. The van der Waals surface area contributed by atoms with Crippen molar-refractivity contribution in [2.24, 2.45) is 0 Å². The molecule has 3 nitrogen and oxygen atoms in total. The minimum Gasteiger partial charge on any atom is -0.504 e. The van der Waals surface area contributed by atoms with Crippen LogP contribution in [-0.2, 0) is 0 Å². The normalized spacial score (nSPS) is 9.00. The molecule has 1 aromatic carbocycles. The topological polar surface area (TPSA) is 43.7 Å². The Morgan fingerprint density at radius 2 is 1.17 bits per heavy atom. The molecule has 1 rings (SSSR count). The van der Waals surface area contributed by atoms with E-state index in [9.17, 15) is 0 Å². The lowest BCUT2D eigenvalue weighted by Crippen LogP contribution is -1.99. The standard InChI is InChI=1S/C6H6O2.C3H9N/c7-5-3-1-2-4-6(5)8;1-4(2)3/h1-4,7-8H;1-3H3. The summed E-state index contributed by atoms with van der Waals surface area (Å²) in [6, 6.07) is 6.15. The van der Waals surface area contributed by atoms with E-state index in [4.69, 9.17) is 10.2 Å². The van der Waals surface area contributed by atoms with Gasteiger partial charge in [0.2, 0.25) is 0 Å². The Balaban J connectivity index is 0.000000261. The Labute approximate surface area is 72.9 Å². The van der Waals surface area contributed by atoms with Gasteiger partial charge in [0.1, 0.15) is 0 Å². The van der Waals surface area contributed by atoms with Crippen LogP contribution in [0.4, 0.5) is 0 Å². The predicted molar refractivity (Wildman–Crippen MR) is 49.4 cm³/mol.